The first-order valence-corrected chi connectivity index (χ1v) is 8.73. The molecule has 0 saturated heterocycles. The van der Waals surface area contributed by atoms with Crippen LogP contribution in [0.15, 0.2) is 18.2 Å². The fourth-order valence-corrected chi connectivity index (χ4v) is 3.00. The minimum Gasteiger partial charge on any atom is -0.453 e. The van der Waals surface area contributed by atoms with Crippen molar-refractivity contribution in [2.45, 2.75) is 13.0 Å². The molecule has 1 aromatic rings. The Bertz CT molecular complexity index is 618. The summed E-state index contributed by atoms with van der Waals surface area (Å²) in [5.41, 5.74) is 2.54. The highest BCUT2D eigenvalue weighted by Crippen LogP contribution is 2.23. The van der Waals surface area contributed by atoms with E-state index in [1.165, 1.54) is 7.11 Å². The largest absolute Gasteiger partial charge is 0.453 e. The van der Waals surface area contributed by atoms with Crippen LogP contribution >= 0.6 is 15.9 Å². The number of rotatable bonds is 3. The van der Waals surface area contributed by atoms with Crippen LogP contribution in [-0.2, 0) is 27.7 Å². The minimum atomic E-state index is -3.37. The highest BCUT2D eigenvalue weighted by molar-refractivity contribution is 9.10. The summed E-state index contributed by atoms with van der Waals surface area (Å²) in [6.45, 7) is 1.03. The SMILES string of the molecule is COC(=O)N1CCc2ccc(NS(=O)(=O)CBr)cc2C1. The maximum Gasteiger partial charge on any atom is 0.409 e. The Labute approximate surface area is 126 Å². The molecule has 1 amide bonds. The molecule has 0 spiro atoms. The Morgan fingerprint density at radius 2 is 2.20 bits per heavy atom. The number of carbonyl (C=O) groups excluding carboxylic acids is 1. The second-order valence-corrected chi connectivity index (χ2v) is 7.48. The van der Waals surface area contributed by atoms with Crippen LogP contribution < -0.4 is 4.72 Å². The molecule has 0 aromatic heterocycles. The van der Waals surface area contributed by atoms with E-state index in [4.69, 9.17) is 4.74 Å². The summed E-state index contributed by atoms with van der Waals surface area (Å²) in [6.07, 6.45) is 0.359. The smallest absolute Gasteiger partial charge is 0.409 e. The van der Waals surface area contributed by atoms with Gasteiger partial charge in [-0.25, -0.2) is 13.2 Å². The molecule has 0 saturated carbocycles. The molecule has 0 radical (unpaired) electrons. The molecule has 0 aliphatic carbocycles. The number of methoxy groups -OCH3 is 1. The van der Waals surface area contributed by atoms with Gasteiger partial charge in [-0.2, -0.15) is 0 Å². The Hall–Kier alpha value is -1.28. The summed E-state index contributed by atoms with van der Waals surface area (Å²) < 4.78 is 30.0. The third-order valence-corrected chi connectivity index (χ3v) is 5.71. The van der Waals surface area contributed by atoms with Crippen molar-refractivity contribution in [1.82, 2.24) is 4.90 Å². The van der Waals surface area contributed by atoms with Crippen molar-refractivity contribution in [3.8, 4) is 0 Å². The molecule has 1 N–H and O–H groups in total. The highest BCUT2D eigenvalue weighted by Gasteiger charge is 2.21. The molecule has 2 rings (SSSR count). The molecule has 6 nitrogen and oxygen atoms in total. The van der Waals surface area contributed by atoms with E-state index in [-0.39, 0.29) is 10.8 Å². The van der Waals surface area contributed by atoms with Crippen LogP contribution in [0.1, 0.15) is 11.1 Å². The van der Waals surface area contributed by atoms with E-state index in [1.54, 1.807) is 17.0 Å². The molecule has 8 heteroatoms. The number of nitrogens with one attached hydrogen (secondary N) is 1. The molecule has 1 aromatic carbocycles. The van der Waals surface area contributed by atoms with Gasteiger partial charge in [0.05, 0.1) is 7.11 Å². The molecule has 0 atom stereocenters. The molecular formula is C12H15BrN2O4S. The van der Waals surface area contributed by atoms with Gasteiger partial charge in [0.2, 0.25) is 10.0 Å². The highest BCUT2D eigenvalue weighted by atomic mass is 79.9. The lowest BCUT2D eigenvalue weighted by Gasteiger charge is -2.28. The normalized spacial score (nSPS) is 14.6. The maximum absolute atomic E-state index is 11.5. The third kappa shape index (κ3) is 3.43. The first-order chi connectivity index (χ1) is 9.45. The van der Waals surface area contributed by atoms with E-state index in [1.807, 2.05) is 6.07 Å². The number of carbonyl (C=O) groups is 1. The van der Waals surface area contributed by atoms with Crippen LogP contribution in [0.3, 0.4) is 0 Å². The van der Waals surface area contributed by atoms with Gasteiger partial charge in [0, 0.05) is 18.8 Å². The summed E-state index contributed by atoms with van der Waals surface area (Å²) in [5.74, 6) is 0. The Balaban J connectivity index is 2.21. The van der Waals surface area contributed by atoms with Crippen molar-refractivity contribution >= 4 is 37.7 Å². The average Bonchev–Trinajstić information content (AvgIpc) is 2.45. The number of hydrogen-bond donors (Lipinski definition) is 1. The molecule has 0 bridgehead atoms. The number of amides is 1. The van der Waals surface area contributed by atoms with Crippen LogP contribution in [0.2, 0.25) is 0 Å². The topological polar surface area (TPSA) is 75.7 Å². The zero-order valence-electron chi connectivity index (χ0n) is 10.9. The maximum atomic E-state index is 11.5. The van der Waals surface area contributed by atoms with Crippen LogP contribution in [0.25, 0.3) is 0 Å². The summed E-state index contributed by atoms with van der Waals surface area (Å²) in [5, 5.41) is 0. The van der Waals surface area contributed by atoms with Crippen molar-refractivity contribution in [2.75, 3.05) is 23.0 Å². The predicted octanol–water partition coefficient (Wildman–Crippen LogP) is 1.91. The van der Waals surface area contributed by atoms with Crippen LogP contribution in [0.5, 0.6) is 0 Å². The number of hydrogen-bond acceptors (Lipinski definition) is 4. The molecule has 110 valence electrons. The molecule has 1 aliphatic heterocycles. The van der Waals surface area contributed by atoms with Crippen molar-refractivity contribution in [3.05, 3.63) is 29.3 Å². The Morgan fingerprint density at radius 1 is 1.45 bits per heavy atom. The van der Waals surface area contributed by atoms with Crippen molar-refractivity contribution in [1.29, 1.82) is 0 Å². The van der Waals surface area contributed by atoms with Crippen molar-refractivity contribution < 1.29 is 17.9 Å². The van der Waals surface area contributed by atoms with Gasteiger partial charge in [-0.15, -0.1) is 0 Å². The van der Waals surface area contributed by atoms with Gasteiger partial charge in [0.1, 0.15) is 4.66 Å². The molecular weight excluding hydrogens is 348 g/mol. The third-order valence-electron chi connectivity index (χ3n) is 3.07. The van der Waals surface area contributed by atoms with E-state index in [0.29, 0.717) is 18.8 Å². The summed E-state index contributed by atoms with van der Waals surface area (Å²) in [6, 6.07) is 5.37. The quantitative estimate of drug-likeness (QED) is 0.833. The fraction of sp³-hybridized carbons (Fsp3) is 0.417. The lowest BCUT2D eigenvalue weighted by atomic mass is 9.99. The van der Waals surface area contributed by atoms with E-state index in [0.717, 1.165) is 17.5 Å². The minimum absolute atomic E-state index is 0.161. The van der Waals surface area contributed by atoms with Crippen LogP contribution in [0, 0.1) is 0 Å². The zero-order chi connectivity index (χ0) is 14.8. The standard InChI is InChI=1S/C12H15BrN2O4S/c1-19-12(16)15-5-4-9-2-3-11(6-10(9)7-15)14-20(17,18)8-13/h2-3,6,14H,4-5,7-8H2,1H3. The molecule has 20 heavy (non-hydrogen) atoms. The monoisotopic (exact) mass is 362 g/mol. The first kappa shape index (κ1) is 15.1. The second-order valence-electron chi connectivity index (χ2n) is 4.45. The van der Waals surface area contributed by atoms with E-state index < -0.39 is 10.0 Å². The van der Waals surface area contributed by atoms with Gasteiger partial charge in [-0.3, -0.25) is 4.72 Å². The predicted molar refractivity (Wildman–Crippen MR) is 79.3 cm³/mol. The molecule has 1 aliphatic rings. The van der Waals surface area contributed by atoms with Gasteiger partial charge in [-0.05, 0) is 29.7 Å². The lowest BCUT2D eigenvalue weighted by molar-refractivity contribution is 0.118. The van der Waals surface area contributed by atoms with Crippen molar-refractivity contribution in [2.24, 2.45) is 0 Å². The molecule has 1 heterocycles. The summed E-state index contributed by atoms with van der Waals surface area (Å²) in [4.78, 5) is 13.1. The number of anilines is 1. The van der Waals surface area contributed by atoms with Gasteiger partial charge < -0.3 is 9.64 Å². The summed E-state index contributed by atoms with van der Waals surface area (Å²) in [7, 11) is -2.03. The van der Waals surface area contributed by atoms with Gasteiger partial charge >= 0.3 is 6.09 Å². The number of sulfonamides is 1. The van der Waals surface area contributed by atoms with Crippen LogP contribution in [0.4, 0.5) is 10.5 Å². The Morgan fingerprint density at radius 3 is 2.85 bits per heavy atom. The number of ether oxygens (including phenoxy) is 1. The molecule has 0 fully saturated rings. The Kier molecular flexibility index (Phi) is 4.54. The number of nitrogens with zero attached hydrogens (tertiary/aromatic N) is 1. The fourth-order valence-electron chi connectivity index (χ4n) is 2.11. The number of fused-ring (bicyclic) bond motifs is 1. The van der Waals surface area contributed by atoms with E-state index in [2.05, 4.69) is 20.7 Å². The van der Waals surface area contributed by atoms with Crippen LogP contribution in [-0.4, -0.2) is 37.7 Å². The average molecular weight is 363 g/mol. The van der Waals surface area contributed by atoms with Gasteiger partial charge in [0.15, 0.2) is 0 Å². The zero-order valence-corrected chi connectivity index (χ0v) is 13.3. The number of alkyl halides is 1. The van der Waals surface area contributed by atoms with E-state index in [9.17, 15) is 13.2 Å². The van der Waals surface area contributed by atoms with Gasteiger partial charge in [-0.1, -0.05) is 22.0 Å². The number of benzene rings is 1. The van der Waals surface area contributed by atoms with Crippen molar-refractivity contribution in [3.63, 3.8) is 0 Å². The summed E-state index contributed by atoms with van der Waals surface area (Å²) >= 11 is 2.92. The second kappa shape index (κ2) is 6.01. The van der Waals surface area contributed by atoms with E-state index >= 15 is 0 Å². The molecule has 0 unspecified atom stereocenters. The number of halogens is 1. The first-order valence-electron chi connectivity index (χ1n) is 5.96. The lowest BCUT2D eigenvalue weighted by Crippen LogP contribution is -2.35. The van der Waals surface area contributed by atoms with Gasteiger partial charge in [0.25, 0.3) is 0 Å².